The van der Waals surface area contributed by atoms with Gasteiger partial charge in [0.2, 0.25) is 5.91 Å². The molecule has 0 aromatic heterocycles. The van der Waals surface area contributed by atoms with Gasteiger partial charge in [0.25, 0.3) is 5.69 Å². The first-order valence-corrected chi connectivity index (χ1v) is 7.21. The summed E-state index contributed by atoms with van der Waals surface area (Å²) in [5.41, 5.74) is 1.57. The van der Waals surface area contributed by atoms with Gasteiger partial charge in [-0.2, -0.15) is 0 Å². The van der Waals surface area contributed by atoms with Crippen molar-refractivity contribution in [1.82, 2.24) is 10.6 Å². The van der Waals surface area contributed by atoms with E-state index in [0.29, 0.717) is 18.7 Å². The Labute approximate surface area is 125 Å². The summed E-state index contributed by atoms with van der Waals surface area (Å²) in [4.78, 5) is 22.3. The van der Waals surface area contributed by atoms with Crippen LogP contribution in [-0.2, 0) is 11.3 Å². The molecule has 1 atom stereocenters. The van der Waals surface area contributed by atoms with Crippen molar-refractivity contribution in [3.05, 3.63) is 39.4 Å². The number of carbonyl (C=O) groups excluding carboxylic acids is 1. The Morgan fingerprint density at radius 1 is 1.43 bits per heavy atom. The maximum Gasteiger partial charge on any atom is 0.272 e. The van der Waals surface area contributed by atoms with E-state index in [0.717, 1.165) is 18.4 Å². The highest BCUT2D eigenvalue weighted by Crippen LogP contribution is 2.20. The van der Waals surface area contributed by atoms with E-state index in [1.165, 1.54) is 6.07 Å². The van der Waals surface area contributed by atoms with Crippen molar-refractivity contribution >= 4 is 11.6 Å². The number of rotatable bonds is 8. The molecule has 0 aliphatic heterocycles. The molecule has 0 aliphatic rings. The number of nitro benzene ring substituents is 1. The summed E-state index contributed by atoms with van der Waals surface area (Å²) < 4.78 is 0. The van der Waals surface area contributed by atoms with Gasteiger partial charge in [0.15, 0.2) is 0 Å². The number of hydrogen-bond donors (Lipinski definition) is 2. The van der Waals surface area contributed by atoms with Crippen molar-refractivity contribution in [2.75, 3.05) is 6.54 Å². The van der Waals surface area contributed by atoms with Crippen LogP contribution in [-0.4, -0.2) is 23.4 Å². The van der Waals surface area contributed by atoms with Gasteiger partial charge in [0.1, 0.15) is 0 Å². The Morgan fingerprint density at radius 2 is 2.14 bits per heavy atom. The number of nitro groups is 1. The van der Waals surface area contributed by atoms with Crippen LogP contribution in [0.1, 0.15) is 37.8 Å². The summed E-state index contributed by atoms with van der Waals surface area (Å²) in [5, 5.41) is 16.8. The zero-order valence-corrected chi connectivity index (χ0v) is 12.8. The minimum atomic E-state index is -0.389. The summed E-state index contributed by atoms with van der Waals surface area (Å²) in [6.07, 6.45) is 2.00. The zero-order chi connectivity index (χ0) is 15.8. The lowest BCUT2D eigenvalue weighted by atomic mass is 10.1. The third-order valence-corrected chi connectivity index (χ3v) is 3.44. The van der Waals surface area contributed by atoms with Crippen molar-refractivity contribution in [3.8, 4) is 0 Å². The normalized spacial score (nSPS) is 12.0. The molecule has 6 nitrogen and oxygen atoms in total. The lowest BCUT2D eigenvalue weighted by Crippen LogP contribution is -2.42. The van der Waals surface area contributed by atoms with Crippen molar-refractivity contribution in [1.29, 1.82) is 0 Å². The standard InChI is InChI=1S/C15H23N3O3/c1-4-5-9-16-15(19)12(3)17-10-13-7-6-8-14(11(13)2)18(20)21/h6-8,12,17H,4-5,9-10H2,1-3H3,(H,16,19). The van der Waals surface area contributed by atoms with Gasteiger partial charge in [0, 0.05) is 24.7 Å². The molecule has 0 bridgehead atoms. The van der Waals surface area contributed by atoms with Gasteiger partial charge >= 0.3 is 0 Å². The summed E-state index contributed by atoms with van der Waals surface area (Å²) in [7, 11) is 0. The molecule has 1 aromatic rings. The lowest BCUT2D eigenvalue weighted by Gasteiger charge is -2.15. The topological polar surface area (TPSA) is 84.3 Å². The molecule has 0 heterocycles. The Hall–Kier alpha value is -1.95. The molecule has 116 valence electrons. The monoisotopic (exact) mass is 293 g/mol. The molecule has 1 unspecified atom stereocenters. The molecule has 0 saturated heterocycles. The quantitative estimate of drug-likeness (QED) is 0.437. The van der Waals surface area contributed by atoms with E-state index in [1.807, 2.05) is 6.07 Å². The molecule has 1 rings (SSSR count). The average molecular weight is 293 g/mol. The third-order valence-electron chi connectivity index (χ3n) is 3.44. The minimum Gasteiger partial charge on any atom is -0.355 e. The summed E-state index contributed by atoms with van der Waals surface area (Å²) in [6.45, 7) is 6.68. The molecular weight excluding hydrogens is 270 g/mol. The number of unbranched alkanes of at least 4 members (excludes halogenated alkanes) is 1. The number of amides is 1. The molecule has 0 fully saturated rings. The van der Waals surface area contributed by atoms with Crippen LogP contribution in [0.2, 0.25) is 0 Å². The number of nitrogens with zero attached hydrogens (tertiary/aromatic N) is 1. The molecule has 0 radical (unpaired) electrons. The number of hydrogen-bond acceptors (Lipinski definition) is 4. The first kappa shape index (κ1) is 17.1. The van der Waals surface area contributed by atoms with Crippen LogP contribution >= 0.6 is 0 Å². The van der Waals surface area contributed by atoms with Gasteiger partial charge in [-0.15, -0.1) is 0 Å². The van der Waals surface area contributed by atoms with Crippen LogP contribution in [0.25, 0.3) is 0 Å². The summed E-state index contributed by atoms with van der Waals surface area (Å²) >= 11 is 0. The zero-order valence-electron chi connectivity index (χ0n) is 12.8. The maximum atomic E-state index is 11.8. The number of benzene rings is 1. The lowest BCUT2D eigenvalue weighted by molar-refractivity contribution is -0.385. The Kier molecular flexibility index (Phi) is 6.81. The molecule has 0 aliphatic carbocycles. The largest absolute Gasteiger partial charge is 0.355 e. The van der Waals surface area contributed by atoms with Crippen molar-refractivity contribution in [2.24, 2.45) is 0 Å². The van der Waals surface area contributed by atoms with Crippen molar-refractivity contribution < 1.29 is 9.72 Å². The molecular formula is C15H23N3O3. The van der Waals surface area contributed by atoms with Crippen LogP contribution in [0, 0.1) is 17.0 Å². The maximum absolute atomic E-state index is 11.8. The van der Waals surface area contributed by atoms with Gasteiger partial charge in [-0.05, 0) is 25.8 Å². The molecule has 21 heavy (non-hydrogen) atoms. The minimum absolute atomic E-state index is 0.0495. The van der Waals surface area contributed by atoms with E-state index in [-0.39, 0.29) is 22.6 Å². The van der Waals surface area contributed by atoms with Crippen LogP contribution in [0.5, 0.6) is 0 Å². The van der Waals surface area contributed by atoms with Crippen LogP contribution in [0.3, 0.4) is 0 Å². The number of carbonyl (C=O) groups is 1. The molecule has 0 spiro atoms. The van der Waals surface area contributed by atoms with Crippen molar-refractivity contribution in [3.63, 3.8) is 0 Å². The van der Waals surface area contributed by atoms with E-state index in [4.69, 9.17) is 0 Å². The Morgan fingerprint density at radius 3 is 2.76 bits per heavy atom. The van der Waals surface area contributed by atoms with Gasteiger partial charge in [0.05, 0.1) is 11.0 Å². The van der Waals surface area contributed by atoms with Gasteiger partial charge < -0.3 is 10.6 Å². The fraction of sp³-hybridized carbons (Fsp3) is 0.533. The predicted octanol–water partition coefficient (Wildman–Crippen LogP) is 2.30. The van der Waals surface area contributed by atoms with Crippen LogP contribution in [0.15, 0.2) is 18.2 Å². The van der Waals surface area contributed by atoms with Gasteiger partial charge in [-0.3, -0.25) is 14.9 Å². The highest BCUT2D eigenvalue weighted by Gasteiger charge is 2.15. The molecule has 1 amide bonds. The van der Waals surface area contributed by atoms with E-state index in [2.05, 4.69) is 17.6 Å². The summed E-state index contributed by atoms with van der Waals surface area (Å²) in [5.74, 6) is -0.0495. The Balaban J connectivity index is 2.57. The second kappa shape index (κ2) is 8.36. The average Bonchev–Trinajstić information content (AvgIpc) is 2.45. The van der Waals surface area contributed by atoms with Crippen LogP contribution in [0.4, 0.5) is 5.69 Å². The highest BCUT2D eigenvalue weighted by atomic mass is 16.6. The van der Waals surface area contributed by atoms with E-state index in [9.17, 15) is 14.9 Å². The first-order chi connectivity index (χ1) is 9.97. The highest BCUT2D eigenvalue weighted by molar-refractivity contribution is 5.81. The van der Waals surface area contributed by atoms with Gasteiger partial charge in [-0.25, -0.2) is 0 Å². The van der Waals surface area contributed by atoms with E-state index in [1.54, 1.807) is 19.9 Å². The van der Waals surface area contributed by atoms with E-state index >= 15 is 0 Å². The second-order valence-electron chi connectivity index (χ2n) is 5.07. The molecule has 0 saturated carbocycles. The smallest absolute Gasteiger partial charge is 0.272 e. The third kappa shape index (κ3) is 5.15. The Bertz CT molecular complexity index is 503. The first-order valence-electron chi connectivity index (χ1n) is 7.21. The van der Waals surface area contributed by atoms with Gasteiger partial charge in [-0.1, -0.05) is 25.5 Å². The van der Waals surface area contributed by atoms with Crippen LogP contribution < -0.4 is 10.6 Å². The molecule has 1 aromatic carbocycles. The second-order valence-corrected chi connectivity index (χ2v) is 5.07. The number of nitrogens with one attached hydrogen (secondary N) is 2. The van der Waals surface area contributed by atoms with Crippen molar-refractivity contribution in [2.45, 2.75) is 46.2 Å². The SMILES string of the molecule is CCCCNC(=O)C(C)NCc1cccc([N+](=O)[O-])c1C. The van der Waals surface area contributed by atoms with E-state index < -0.39 is 0 Å². The fourth-order valence-corrected chi connectivity index (χ4v) is 1.96. The predicted molar refractivity (Wildman–Crippen MR) is 82.1 cm³/mol. The summed E-state index contributed by atoms with van der Waals surface area (Å²) in [6, 6.07) is 4.64. The fourth-order valence-electron chi connectivity index (χ4n) is 1.96. The molecule has 6 heteroatoms. The molecule has 2 N–H and O–H groups in total.